The van der Waals surface area contributed by atoms with Crippen molar-refractivity contribution in [3.63, 3.8) is 0 Å². The van der Waals surface area contributed by atoms with Crippen molar-refractivity contribution in [3.05, 3.63) is 65.1 Å². The van der Waals surface area contributed by atoms with Gasteiger partial charge in [0.2, 0.25) is 21.8 Å². The number of rotatable bonds is 10. The van der Waals surface area contributed by atoms with Crippen LogP contribution in [0.1, 0.15) is 27.2 Å². The largest absolute Gasteiger partial charge is 0.493 e. The van der Waals surface area contributed by atoms with Crippen molar-refractivity contribution in [2.75, 3.05) is 49.3 Å². The van der Waals surface area contributed by atoms with Gasteiger partial charge < -0.3 is 19.1 Å². The molecule has 2 aromatic carbocycles. The van der Waals surface area contributed by atoms with Crippen LogP contribution in [0.25, 0.3) is 10.8 Å². The van der Waals surface area contributed by atoms with Crippen molar-refractivity contribution >= 4 is 44.0 Å². The normalized spacial score (nSPS) is 15.4. The molecular weight excluding hydrogens is 532 g/mol. The molecule has 1 aromatic heterocycles. The van der Waals surface area contributed by atoms with Gasteiger partial charge in [0.05, 0.1) is 24.2 Å². The maximum atomic E-state index is 13.1. The van der Waals surface area contributed by atoms with E-state index in [1.165, 1.54) is 13.8 Å². The first-order valence-corrected chi connectivity index (χ1v) is 15.1. The Kier molecular flexibility index (Phi) is 8.36. The molecule has 0 atom stereocenters. The zero-order valence-electron chi connectivity index (χ0n) is 23.6. The topological polar surface area (TPSA) is 109 Å². The Bertz CT molecular complexity index is 1600. The molecule has 0 unspecified atom stereocenters. The van der Waals surface area contributed by atoms with E-state index in [9.17, 15) is 22.8 Å². The van der Waals surface area contributed by atoms with Gasteiger partial charge in [-0.2, -0.15) is 0 Å². The van der Waals surface area contributed by atoms with E-state index < -0.39 is 15.4 Å². The SMILES string of the molecule is CCN1C(=O)C(C)(C)C(=O)N(C)c2cc(OCCCN(CCn3ccc4ccccc4c3=O)S(C)(=O)=O)ccc21. The molecule has 0 fully saturated rings. The highest BCUT2D eigenvalue weighted by molar-refractivity contribution is 7.88. The van der Waals surface area contributed by atoms with Crippen LogP contribution in [0, 0.1) is 5.41 Å². The van der Waals surface area contributed by atoms with Crippen molar-refractivity contribution < 1.29 is 22.7 Å². The van der Waals surface area contributed by atoms with Crippen LogP contribution in [0.5, 0.6) is 5.75 Å². The van der Waals surface area contributed by atoms with E-state index in [4.69, 9.17) is 4.74 Å². The number of anilines is 2. The maximum Gasteiger partial charge on any atom is 0.258 e. The second-order valence-corrected chi connectivity index (χ2v) is 12.4. The number of amides is 2. The monoisotopic (exact) mass is 568 g/mol. The third kappa shape index (κ3) is 5.75. The van der Waals surface area contributed by atoms with E-state index in [-0.39, 0.29) is 43.6 Å². The van der Waals surface area contributed by atoms with Gasteiger partial charge in [-0.05, 0) is 56.8 Å². The summed E-state index contributed by atoms with van der Waals surface area (Å²) < 4.78 is 33.7. The molecule has 0 saturated heterocycles. The summed E-state index contributed by atoms with van der Waals surface area (Å²) in [4.78, 5) is 42.0. The molecule has 4 rings (SSSR count). The molecule has 10 nitrogen and oxygen atoms in total. The summed E-state index contributed by atoms with van der Waals surface area (Å²) >= 11 is 0. The Morgan fingerprint density at radius 1 is 0.950 bits per heavy atom. The van der Waals surface area contributed by atoms with Gasteiger partial charge in [-0.1, -0.05) is 18.2 Å². The fraction of sp³-hybridized carbons (Fsp3) is 0.414. The van der Waals surface area contributed by atoms with Gasteiger partial charge >= 0.3 is 0 Å². The molecule has 0 bridgehead atoms. The molecule has 1 aliphatic heterocycles. The average Bonchev–Trinajstić information content (AvgIpc) is 2.97. The highest BCUT2D eigenvalue weighted by atomic mass is 32.2. The summed E-state index contributed by atoms with van der Waals surface area (Å²) in [6.07, 6.45) is 3.25. The molecule has 40 heavy (non-hydrogen) atoms. The number of aromatic nitrogens is 1. The van der Waals surface area contributed by atoms with E-state index in [1.807, 2.05) is 25.1 Å². The molecule has 0 radical (unpaired) electrons. The van der Waals surface area contributed by atoms with E-state index in [2.05, 4.69) is 0 Å². The lowest BCUT2D eigenvalue weighted by molar-refractivity contribution is -0.137. The highest BCUT2D eigenvalue weighted by Gasteiger charge is 2.45. The number of benzene rings is 2. The lowest BCUT2D eigenvalue weighted by Crippen LogP contribution is -2.47. The van der Waals surface area contributed by atoms with Crippen LogP contribution in [-0.4, -0.2) is 68.6 Å². The Morgan fingerprint density at radius 2 is 1.68 bits per heavy atom. The predicted molar refractivity (Wildman–Crippen MR) is 156 cm³/mol. The number of nitrogens with zero attached hydrogens (tertiary/aromatic N) is 4. The molecule has 2 heterocycles. The fourth-order valence-electron chi connectivity index (χ4n) is 4.97. The van der Waals surface area contributed by atoms with Crippen molar-refractivity contribution in [1.82, 2.24) is 8.87 Å². The summed E-state index contributed by atoms with van der Waals surface area (Å²) in [6.45, 7) is 6.38. The Hall–Kier alpha value is -3.70. The van der Waals surface area contributed by atoms with Gasteiger partial charge in [-0.15, -0.1) is 0 Å². The van der Waals surface area contributed by atoms with Crippen LogP contribution >= 0.6 is 0 Å². The number of ether oxygens (including phenoxy) is 1. The number of hydrogen-bond donors (Lipinski definition) is 0. The number of carbonyl (C=O) groups excluding carboxylic acids is 2. The Labute approximate surface area is 234 Å². The molecule has 0 saturated carbocycles. The highest BCUT2D eigenvalue weighted by Crippen LogP contribution is 2.40. The first-order valence-electron chi connectivity index (χ1n) is 13.3. The minimum absolute atomic E-state index is 0.152. The van der Waals surface area contributed by atoms with E-state index in [0.717, 1.165) is 11.6 Å². The van der Waals surface area contributed by atoms with Gasteiger partial charge in [-0.3, -0.25) is 14.4 Å². The first kappa shape index (κ1) is 29.3. The smallest absolute Gasteiger partial charge is 0.258 e. The molecule has 2 amide bonds. The van der Waals surface area contributed by atoms with Gasteiger partial charge in [0.15, 0.2) is 0 Å². The Morgan fingerprint density at radius 3 is 2.38 bits per heavy atom. The second-order valence-electron chi connectivity index (χ2n) is 10.5. The van der Waals surface area contributed by atoms with Crippen LogP contribution in [-0.2, 0) is 26.2 Å². The minimum atomic E-state index is -3.51. The number of pyridine rings is 1. The van der Waals surface area contributed by atoms with Crippen LogP contribution in [0.15, 0.2) is 59.5 Å². The average molecular weight is 569 g/mol. The van der Waals surface area contributed by atoms with E-state index in [1.54, 1.807) is 62.3 Å². The first-order chi connectivity index (χ1) is 18.9. The van der Waals surface area contributed by atoms with Gasteiger partial charge in [0.25, 0.3) is 5.56 Å². The summed E-state index contributed by atoms with van der Waals surface area (Å²) in [6, 6.07) is 14.4. The summed E-state index contributed by atoms with van der Waals surface area (Å²) in [5.74, 6) is -0.0533. The standard InChI is InChI=1S/C29H36N4O6S/c1-6-33-24-13-12-22(20-25(24)30(4)27(35)29(2,3)28(33)36)39-19-9-15-32(40(5,37)38)18-17-31-16-14-21-10-7-8-11-23(21)26(31)34/h7-8,10-14,16,20H,6,9,15,17-19H2,1-5H3. The Balaban J connectivity index is 1.41. The number of fused-ring (bicyclic) bond motifs is 2. The van der Waals surface area contributed by atoms with E-state index in [0.29, 0.717) is 35.5 Å². The summed E-state index contributed by atoms with van der Waals surface area (Å²) in [5.41, 5.74) is -0.152. The number of sulfonamides is 1. The maximum absolute atomic E-state index is 13.1. The predicted octanol–water partition coefficient (Wildman–Crippen LogP) is 3.09. The van der Waals surface area contributed by atoms with Gasteiger partial charge in [0.1, 0.15) is 11.2 Å². The molecular formula is C29H36N4O6S. The van der Waals surface area contributed by atoms with Crippen LogP contribution < -0.4 is 20.1 Å². The van der Waals surface area contributed by atoms with Crippen LogP contribution in [0.2, 0.25) is 0 Å². The minimum Gasteiger partial charge on any atom is -0.493 e. The van der Waals surface area contributed by atoms with Crippen molar-refractivity contribution in [2.45, 2.75) is 33.7 Å². The zero-order valence-corrected chi connectivity index (χ0v) is 24.4. The summed E-state index contributed by atoms with van der Waals surface area (Å²) in [5, 5.41) is 1.43. The van der Waals surface area contributed by atoms with Gasteiger partial charge in [-0.25, -0.2) is 12.7 Å². The third-order valence-electron chi connectivity index (χ3n) is 7.30. The number of hydrogen-bond acceptors (Lipinski definition) is 6. The quantitative estimate of drug-likeness (QED) is 0.275. The van der Waals surface area contributed by atoms with Crippen molar-refractivity contribution in [1.29, 1.82) is 0 Å². The zero-order chi connectivity index (χ0) is 29.2. The molecule has 0 aliphatic carbocycles. The van der Waals surface area contributed by atoms with Crippen molar-refractivity contribution in [3.8, 4) is 5.75 Å². The molecule has 0 spiro atoms. The molecule has 11 heteroatoms. The summed E-state index contributed by atoms with van der Waals surface area (Å²) in [7, 11) is -1.87. The number of carbonyl (C=O) groups is 2. The van der Waals surface area contributed by atoms with E-state index >= 15 is 0 Å². The lowest BCUT2D eigenvalue weighted by Gasteiger charge is -2.27. The third-order valence-corrected chi connectivity index (χ3v) is 8.60. The molecule has 1 aliphatic rings. The molecule has 0 N–H and O–H groups in total. The molecule has 3 aromatic rings. The van der Waals surface area contributed by atoms with Crippen LogP contribution in [0.3, 0.4) is 0 Å². The van der Waals surface area contributed by atoms with Gasteiger partial charge in [0, 0.05) is 50.9 Å². The van der Waals surface area contributed by atoms with Crippen LogP contribution in [0.4, 0.5) is 11.4 Å². The second kappa shape index (κ2) is 11.4. The lowest BCUT2D eigenvalue weighted by atomic mass is 9.90. The van der Waals surface area contributed by atoms with Crippen molar-refractivity contribution in [2.24, 2.45) is 5.41 Å². The fourth-order valence-corrected chi connectivity index (χ4v) is 5.84. The molecule has 214 valence electrons.